The smallest absolute Gasteiger partial charge is 0.0410 e. The zero-order valence-electron chi connectivity index (χ0n) is 38.0. The maximum Gasteiger partial charge on any atom is 0.0410 e. The lowest BCUT2D eigenvalue weighted by molar-refractivity contribution is 0.0408. The Morgan fingerprint density at radius 3 is 0.983 bits per heavy atom. The molecule has 9 heterocycles. The zero-order valence-corrected chi connectivity index (χ0v) is 38.0. The second kappa shape index (κ2) is 21.1. The summed E-state index contributed by atoms with van der Waals surface area (Å²) < 4.78 is 0. The van der Waals surface area contributed by atoms with E-state index in [1.807, 2.05) is 5.57 Å². The van der Waals surface area contributed by atoms with E-state index in [9.17, 15) is 0 Å². The minimum atomic E-state index is 0.478. The molecule has 9 aliphatic heterocycles. The molecular weight excluding hydrogens is 739 g/mol. The van der Waals surface area contributed by atoms with Gasteiger partial charge in [-0.1, -0.05) is 50.2 Å². The Bertz CT molecular complexity index is 1210. The molecule has 1 saturated carbocycles. The fourth-order valence-electron chi connectivity index (χ4n) is 15.7. The van der Waals surface area contributed by atoms with Crippen LogP contribution in [0, 0.1) is 29.6 Å². The Labute approximate surface area is 366 Å². The molecule has 8 saturated heterocycles. The van der Waals surface area contributed by atoms with E-state index >= 15 is 0 Å². The van der Waals surface area contributed by atoms with Crippen molar-refractivity contribution in [1.29, 1.82) is 0 Å². The molecule has 10 aliphatic rings. The van der Waals surface area contributed by atoms with Crippen molar-refractivity contribution in [1.82, 2.24) is 47.9 Å². The van der Waals surface area contributed by atoms with E-state index in [2.05, 4.69) is 53.9 Å². The minimum Gasteiger partial charge on any atom is -0.312 e. The minimum absolute atomic E-state index is 0.478. The maximum absolute atomic E-state index is 4.40. The van der Waals surface area contributed by atoms with E-state index in [0.29, 0.717) is 72.5 Å². The van der Waals surface area contributed by atoms with Crippen LogP contribution in [0.2, 0.25) is 0 Å². The van der Waals surface area contributed by atoms with Crippen LogP contribution in [-0.2, 0) is 0 Å². The van der Waals surface area contributed by atoms with E-state index in [0.717, 1.165) is 29.6 Å². The highest BCUT2D eigenvalue weighted by Crippen LogP contribution is 2.50. The summed E-state index contributed by atoms with van der Waals surface area (Å²) in [5, 5.41) is 37.5. The molecule has 0 aromatic heterocycles. The fourth-order valence-corrected chi connectivity index (χ4v) is 15.7. The van der Waals surface area contributed by atoms with Gasteiger partial charge in [-0.3, -0.25) is 0 Å². The Morgan fingerprint density at radius 1 is 0.300 bits per heavy atom. The van der Waals surface area contributed by atoms with Crippen LogP contribution in [0.15, 0.2) is 11.6 Å². The van der Waals surface area contributed by atoms with Crippen LogP contribution < -0.4 is 47.9 Å². The molecule has 0 bridgehead atoms. The van der Waals surface area contributed by atoms with Gasteiger partial charge in [0.05, 0.1) is 0 Å². The third kappa shape index (κ3) is 10.6. The van der Waals surface area contributed by atoms with Gasteiger partial charge in [-0.25, -0.2) is 0 Å². The monoisotopic (exact) mass is 830 g/mol. The molecule has 0 aromatic carbocycles. The van der Waals surface area contributed by atoms with Gasteiger partial charge < -0.3 is 47.9 Å². The SMILES string of the molecule is C1=C(C2CC(C3CC(C4CCCCN4)NC(C4CCCCN4)C3)CC(C3CC(C4CCCCN4)NC(C4CCCCN4)C3)C2)CC(C2CCCCN2)NC1C1CCCCN1. The van der Waals surface area contributed by atoms with Crippen LogP contribution in [0.4, 0.5) is 0 Å². The summed E-state index contributed by atoms with van der Waals surface area (Å²) in [6, 6.07) is 7.37. The van der Waals surface area contributed by atoms with Crippen LogP contribution in [0.3, 0.4) is 0 Å². The highest BCUT2D eigenvalue weighted by molar-refractivity contribution is 5.22. The molecule has 0 radical (unpaired) electrons. The summed E-state index contributed by atoms with van der Waals surface area (Å²) in [6.07, 6.45) is 38.7. The second-order valence-electron chi connectivity index (χ2n) is 22.7. The largest absolute Gasteiger partial charge is 0.312 e. The fraction of sp³-hybridized carbons (Fsp3) is 0.961. The molecule has 14 unspecified atom stereocenters. The molecule has 340 valence electrons. The molecule has 0 amide bonds. The van der Waals surface area contributed by atoms with Crippen LogP contribution >= 0.6 is 0 Å². The number of hydrogen-bond donors (Lipinski definition) is 9. The first-order valence-electron chi connectivity index (χ1n) is 27.1. The summed E-state index contributed by atoms with van der Waals surface area (Å²) in [7, 11) is 0. The van der Waals surface area contributed by atoms with Gasteiger partial charge in [-0.05, 0) is 197 Å². The molecule has 9 heteroatoms. The Kier molecular flexibility index (Phi) is 15.2. The number of rotatable bonds is 9. The first-order valence-corrected chi connectivity index (χ1v) is 27.1. The quantitative estimate of drug-likeness (QED) is 0.130. The summed E-state index contributed by atoms with van der Waals surface area (Å²) in [6.45, 7) is 7.26. The lowest BCUT2D eigenvalue weighted by Gasteiger charge is -2.52. The van der Waals surface area contributed by atoms with Crippen LogP contribution in [0.1, 0.15) is 167 Å². The molecule has 9 fully saturated rings. The standard InChI is InChI=1S/C51H91N9/c1-7-19-52-40(13-1)46-28-37(29-47(58-46)41-14-2-8-20-53-41)34-25-35(38-30-48(42-15-3-9-21-54-42)59-49(31-38)43-16-4-10-22-55-43)27-36(26-34)39-32-50(44-17-5-11-23-56-44)60-51(33-39)45-18-6-12-24-57-45/h28,34-36,38-60H,1-27,29-33H2. The van der Waals surface area contributed by atoms with Crippen LogP contribution in [0.25, 0.3) is 0 Å². The van der Waals surface area contributed by atoms with Gasteiger partial charge in [-0.2, -0.15) is 0 Å². The van der Waals surface area contributed by atoms with Crippen molar-refractivity contribution in [2.75, 3.05) is 39.3 Å². The Hall–Kier alpha value is -0.620. The normalized spacial score (nSPS) is 47.9. The summed E-state index contributed by atoms with van der Waals surface area (Å²) >= 11 is 0. The van der Waals surface area contributed by atoms with E-state index < -0.39 is 0 Å². The van der Waals surface area contributed by atoms with Crippen molar-refractivity contribution < 1.29 is 0 Å². The van der Waals surface area contributed by atoms with Gasteiger partial charge in [0.1, 0.15) is 0 Å². The van der Waals surface area contributed by atoms with Crippen LogP contribution in [-0.4, -0.2) is 112 Å². The first-order chi connectivity index (χ1) is 29.7. The summed E-state index contributed by atoms with van der Waals surface area (Å²) in [5.74, 6) is 4.10. The molecule has 1 aliphatic carbocycles. The van der Waals surface area contributed by atoms with Gasteiger partial charge in [0.15, 0.2) is 0 Å². The molecule has 0 aromatic rings. The number of hydrogen-bond acceptors (Lipinski definition) is 9. The molecule has 9 N–H and O–H groups in total. The predicted molar refractivity (Wildman–Crippen MR) is 248 cm³/mol. The van der Waals surface area contributed by atoms with E-state index in [4.69, 9.17) is 0 Å². The highest BCUT2D eigenvalue weighted by atomic mass is 15.1. The summed E-state index contributed by atoms with van der Waals surface area (Å²) in [5.41, 5.74) is 1.88. The lowest BCUT2D eigenvalue weighted by atomic mass is 9.59. The van der Waals surface area contributed by atoms with Crippen molar-refractivity contribution in [2.45, 2.75) is 239 Å². The Morgan fingerprint density at radius 2 is 0.633 bits per heavy atom. The van der Waals surface area contributed by atoms with Crippen molar-refractivity contribution in [2.24, 2.45) is 29.6 Å². The third-order valence-electron chi connectivity index (χ3n) is 18.9. The zero-order chi connectivity index (χ0) is 40.1. The molecule has 10 rings (SSSR count). The van der Waals surface area contributed by atoms with E-state index in [1.54, 1.807) is 0 Å². The number of piperidine rings is 8. The maximum atomic E-state index is 4.40. The molecule has 14 atom stereocenters. The molecule has 0 spiro atoms. The van der Waals surface area contributed by atoms with Crippen molar-refractivity contribution >= 4 is 0 Å². The third-order valence-corrected chi connectivity index (χ3v) is 18.9. The van der Waals surface area contributed by atoms with Gasteiger partial charge in [0.25, 0.3) is 0 Å². The highest BCUT2D eigenvalue weighted by Gasteiger charge is 2.47. The van der Waals surface area contributed by atoms with Crippen molar-refractivity contribution in [3.05, 3.63) is 11.6 Å². The van der Waals surface area contributed by atoms with Crippen molar-refractivity contribution in [3.8, 4) is 0 Å². The van der Waals surface area contributed by atoms with E-state index in [1.165, 1.54) is 206 Å². The molecule has 9 nitrogen and oxygen atoms in total. The van der Waals surface area contributed by atoms with Gasteiger partial charge in [0.2, 0.25) is 0 Å². The topological polar surface area (TPSA) is 108 Å². The predicted octanol–water partition coefficient (Wildman–Crippen LogP) is 6.00. The van der Waals surface area contributed by atoms with Crippen molar-refractivity contribution in [3.63, 3.8) is 0 Å². The van der Waals surface area contributed by atoms with Gasteiger partial charge in [-0.15, -0.1) is 0 Å². The van der Waals surface area contributed by atoms with E-state index in [-0.39, 0.29) is 0 Å². The second-order valence-corrected chi connectivity index (χ2v) is 22.7. The van der Waals surface area contributed by atoms with Crippen LogP contribution in [0.5, 0.6) is 0 Å². The molecule has 60 heavy (non-hydrogen) atoms. The summed E-state index contributed by atoms with van der Waals surface area (Å²) in [4.78, 5) is 0. The van der Waals surface area contributed by atoms with Gasteiger partial charge in [0, 0.05) is 72.5 Å². The number of nitrogens with one attached hydrogen (secondary N) is 9. The average Bonchev–Trinajstić information content (AvgIpc) is 3.35. The Balaban J connectivity index is 0.963. The van der Waals surface area contributed by atoms with Gasteiger partial charge >= 0.3 is 0 Å². The average molecular weight is 830 g/mol. The lowest BCUT2D eigenvalue weighted by Crippen LogP contribution is -2.63. The first kappa shape index (κ1) is 43.3. The molecular formula is C51H91N9.